The van der Waals surface area contributed by atoms with E-state index in [4.69, 9.17) is 0 Å². The number of benzene rings is 1. The molecule has 0 saturated heterocycles. The summed E-state index contributed by atoms with van der Waals surface area (Å²) < 4.78 is 27.5. The van der Waals surface area contributed by atoms with Gasteiger partial charge in [0.1, 0.15) is 0 Å². The normalized spacial score (nSPS) is 13.6. The molecule has 0 bridgehead atoms. The van der Waals surface area contributed by atoms with Gasteiger partial charge in [0.25, 0.3) is 0 Å². The predicted octanol–water partition coefficient (Wildman–Crippen LogP) is 2.54. The van der Waals surface area contributed by atoms with Crippen molar-refractivity contribution >= 4 is 10.0 Å². The Labute approximate surface area is 129 Å². The molecule has 0 aliphatic rings. The fourth-order valence-electron chi connectivity index (χ4n) is 2.03. The quantitative estimate of drug-likeness (QED) is 0.775. The van der Waals surface area contributed by atoms with Gasteiger partial charge in [0, 0.05) is 13.1 Å². The second-order valence-corrected chi connectivity index (χ2v) is 7.65. The summed E-state index contributed by atoms with van der Waals surface area (Å²) in [5.74, 6) is 0.765. The summed E-state index contributed by atoms with van der Waals surface area (Å²) in [6.45, 7) is 9.47. The maximum atomic E-state index is 12.4. The highest BCUT2D eigenvalue weighted by Gasteiger charge is 2.17. The molecule has 0 radical (unpaired) electrons. The van der Waals surface area contributed by atoms with Crippen molar-refractivity contribution in [1.29, 1.82) is 0 Å². The van der Waals surface area contributed by atoms with E-state index in [0.717, 1.165) is 12.0 Å². The molecular weight excluding hydrogens is 284 g/mol. The van der Waals surface area contributed by atoms with Crippen LogP contribution in [0.3, 0.4) is 0 Å². The number of nitrogens with one attached hydrogen (secondary N) is 2. The molecule has 0 fully saturated rings. The number of hydrogen-bond acceptors (Lipinski definition) is 3. The van der Waals surface area contributed by atoms with E-state index in [1.165, 1.54) is 5.56 Å². The van der Waals surface area contributed by atoms with E-state index in [1.54, 1.807) is 12.1 Å². The number of hydrogen-bond donors (Lipinski definition) is 2. The number of sulfonamides is 1. The maximum Gasteiger partial charge on any atom is 0.240 e. The molecule has 1 aromatic carbocycles. The fourth-order valence-corrected chi connectivity index (χ4v) is 3.22. The van der Waals surface area contributed by atoms with Crippen LogP contribution >= 0.6 is 0 Å². The second kappa shape index (κ2) is 7.92. The van der Waals surface area contributed by atoms with Crippen LogP contribution in [0.4, 0.5) is 0 Å². The van der Waals surface area contributed by atoms with E-state index in [1.807, 2.05) is 13.1 Å². The smallest absolute Gasteiger partial charge is 0.240 e. The molecule has 120 valence electrons. The lowest BCUT2D eigenvalue weighted by molar-refractivity contribution is 0.414. The highest BCUT2D eigenvalue weighted by molar-refractivity contribution is 7.89. The van der Waals surface area contributed by atoms with Crippen molar-refractivity contribution in [2.75, 3.05) is 13.6 Å². The van der Waals surface area contributed by atoms with Gasteiger partial charge in [0.2, 0.25) is 10.0 Å². The summed E-state index contributed by atoms with van der Waals surface area (Å²) in [4.78, 5) is 0.348. The Hall–Kier alpha value is -0.910. The van der Waals surface area contributed by atoms with Crippen molar-refractivity contribution in [2.24, 2.45) is 11.8 Å². The van der Waals surface area contributed by atoms with Crippen LogP contribution in [0.2, 0.25) is 0 Å². The first-order valence-electron chi connectivity index (χ1n) is 7.57. The SMILES string of the molecule is CCc1ccc(S(=O)(=O)NCC(C)C(C)C)cc1CNC. The van der Waals surface area contributed by atoms with Gasteiger partial charge in [-0.1, -0.05) is 33.8 Å². The van der Waals surface area contributed by atoms with Gasteiger partial charge in [-0.2, -0.15) is 0 Å². The number of rotatable bonds is 8. The van der Waals surface area contributed by atoms with Gasteiger partial charge in [0.15, 0.2) is 0 Å². The molecule has 0 aromatic heterocycles. The highest BCUT2D eigenvalue weighted by atomic mass is 32.2. The first-order valence-corrected chi connectivity index (χ1v) is 9.06. The molecule has 5 heteroatoms. The van der Waals surface area contributed by atoms with Crippen LogP contribution in [0.5, 0.6) is 0 Å². The van der Waals surface area contributed by atoms with Gasteiger partial charge in [-0.05, 0) is 48.6 Å². The third-order valence-electron chi connectivity index (χ3n) is 3.97. The van der Waals surface area contributed by atoms with E-state index in [-0.39, 0.29) is 0 Å². The molecule has 1 unspecified atom stereocenters. The van der Waals surface area contributed by atoms with E-state index in [0.29, 0.717) is 29.8 Å². The Morgan fingerprint density at radius 2 is 1.81 bits per heavy atom. The Kier molecular flexibility index (Phi) is 6.84. The molecule has 0 heterocycles. The van der Waals surface area contributed by atoms with E-state index < -0.39 is 10.0 Å². The summed E-state index contributed by atoms with van der Waals surface area (Å²) in [5.41, 5.74) is 2.22. The third-order valence-corrected chi connectivity index (χ3v) is 5.39. The van der Waals surface area contributed by atoms with Gasteiger partial charge in [-0.3, -0.25) is 0 Å². The molecule has 4 nitrogen and oxygen atoms in total. The van der Waals surface area contributed by atoms with E-state index >= 15 is 0 Å². The van der Waals surface area contributed by atoms with Crippen molar-refractivity contribution in [3.63, 3.8) is 0 Å². The highest BCUT2D eigenvalue weighted by Crippen LogP contribution is 2.17. The summed E-state index contributed by atoms with van der Waals surface area (Å²) >= 11 is 0. The molecular formula is C16H28N2O2S. The lowest BCUT2D eigenvalue weighted by atomic mass is 9.99. The lowest BCUT2D eigenvalue weighted by Gasteiger charge is -2.17. The monoisotopic (exact) mass is 312 g/mol. The van der Waals surface area contributed by atoms with Crippen LogP contribution in [0.15, 0.2) is 23.1 Å². The average molecular weight is 312 g/mol. The first kappa shape index (κ1) is 18.1. The Morgan fingerprint density at radius 3 is 2.33 bits per heavy atom. The van der Waals surface area contributed by atoms with Crippen LogP contribution in [-0.2, 0) is 23.0 Å². The zero-order chi connectivity index (χ0) is 16.0. The van der Waals surface area contributed by atoms with Crippen molar-refractivity contribution in [3.8, 4) is 0 Å². The topological polar surface area (TPSA) is 58.2 Å². The minimum Gasteiger partial charge on any atom is -0.316 e. The second-order valence-electron chi connectivity index (χ2n) is 5.89. The molecule has 0 saturated carbocycles. The maximum absolute atomic E-state index is 12.4. The van der Waals surface area contributed by atoms with Crippen molar-refractivity contribution in [3.05, 3.63) is 29.3 Å². The van der Waals surface area contributed by atoms with Gasteiger partial charge in [-0.25, -0.2) is 13.1 Å². The standard InChI is InChI=1S/C16H28N2O2S/c1-6-14-7-8-16(9-15(14)11-17-5)21(19,20)18-10-13(4)12(2)3/h7-9,12-13,17-18H,6,10-11H2,1-5H3. The summed E-state index contributed by atoms with van der Waals surface area (Å²) in [6.07, 6.45) is 0.898. The molecule has 0 spiro atoms. The van der Waals surface area contributed by atoms with E-state index in [2.05, 4.69) is 37.7 Å². The molecule has 1 atom stereocenters. The van der Waals surface area contributed by atoms with Gasteiger partial charge in [-0.15, -0.1) is 0 Å². The molecule has 2 N–H and O–H groups in total. The summed E-state index contributed by atoms with van der Waals surface area (Å²) in [5, 5.41) is 3.09. The van der Waals surface area contributed by atoms with Crippen LogP contribution in [0.1, 0.15) is 38.8 Å². The number of aryl methyl sites for hydroxylation is 1. The molecule has 1 rings (SSSR count). The Morgan fingerprint density at radius 1 is 1.14 bits per heavy atom. The van der Waals surface area contributed by atoms with Crippen molar-refractivity contribution < 1.29 is 8.42 Å². The summed E-state index contributed by atoms with van der Waals surface area (Å²) in [6, 6.07) is 5.38. The van der Waals surface area contributed by atoms with Crippen molar-refractivity contribution in [2.45, 2.75) is 45.6 Å². The first-order chi connectivity index (χ1) is 9.81. The van der Waals surface area contributed by atoms with Crippen LogP contribution in [0.25, 0.3) is 0 Å². The zero-order valence-electron chi connectivity index (χ0n) is 13.7. The molecule has 21 heavy (non-hydrogen) atoms. The van der Waals surface area contributed by atoms with Crippen LogP contribution < -0.4 is 10.0 Å². The third kappa shape index (κ3) is 5.09. The molecule has 0 amide bonds. The van der Waals surface area contributed by atoms with Crippen LogP contribution in [-0.4, -0.2) is 22.0 Å². The van der Waals surface area contributed by atoms with Crippen molar-refractivity contribution in [1.82, 2.24) is 10.0 Å². The Balaban J connectivity index is 2.95. The molecule has 0 aliphatic heterocycles. The minimum absolute atomic E-state index is 0.312. The van der Waals surface area contributed by atoms with E-state index in [9.17, 15) is 8.42 Å². The van der Waals surface area contributed by atoms with Crippen LogP contribution in [0, 0.1) is 11.8 Å². The van der Waals surface area contributed by atoms with Gasteiger partial charge >= 0.3 is 0 Å². The largest absolute Gasteiger partial charge is 0.316 e. The fraction of sp³-hybridized carbons (Fsp3) is 0.625. The van der Waals surface area contributed by atoms with Gasteiger partial charge < -0.3 is 5.32 Å². The molecule has 1 aromatic rings. The summed E-state index contributed by atoms with van der Waals surface area (Å²) in [7, 11) is -1.57. The lowest BCUT2D eigenvalue weighted by Crippen LogP contribution is -2.30. The van der Waals surface area contributed by atoms with Gasteiger partial charge in [0.05, 0.1) is 4.90 Å². The average Bonchev–Trinajstić information content (AvgIpc) is 2.45. The Bertz CT molecular complexity index is 553. The predicted molar refractivity (Wildman–Crippen MR) is 87.8 cm³/mol. The zero-order valence-corrected chi connectivity index (χ0v) is 14.5. The molecule has 0 aliphatic carbocycles. The minimum atomic E-state index is -3.43.